The summed E-state index contributed by atoms with van der Waals surface area (Å²) < 4.78 is 13.0. The first-order chi connectivity index (χ1) is 8.24. The maximum absolute atomic E-state index is 5.57. The van der Waals surface area contributed by atoms with Gasteiger partial charge in [-0.05, 0) is 39.0 Å². The SMILES string of the molecule is CCOC(OCC)c1ccn2nc(C)cc2c1. The zero-order valence-corrected chi connectivity index (χ0v) is 10.5. The molecule has 2 aromatic heterocycles. The first kappa shape index (κ1) is 12.1. The summed E-state index contributed by atoms with van der Waals surface area (Å²) in [4.78, 5) is 0. The second-order valence-corrected chi connectivity index (χ2v) is 3.86. The molecule has 4 nitrogen and oxygen atoms in total. The highest BCUT2D eigenvalue weighted by atomic mass is 16.7. The largest absolute Gasteiger partial charge is 0.349 e. The van der Waals surface area contributed by atoms with Crippen LogP contribution < -0.4 is 0 Å². The van der Waals surface area contributed by atoms with Gasteiger partial charge in [-0.1, -0.05) is 0 Å². The third-order valence-electron chi connectivity index (χ3n) is 2.52. The lowest BCUT2D eigenvalue weighted by Crippen LogP contribution is -2.09. The van der Waals surface area contributed by atoms with Gasteiger partial charge in [0.05, 0.1) is 11.2 Å². The van der Waals surface area contributed by atoms with Crippen molar-refractivity contribution >= 4 is 5.52 Å². The molecule has 0 saturated heterocycles. The van der Waals surface area contributed by atoms with Crippen molar-refractivity contribution in [2.24, 2.45) is 0 Å². The third kappa shape index (κ3) is 2.65. The lowest BCUT2D eigenvalue weighted by atomic mass is 10.2. The predicted molar refractivity (Wildman–Crippen MR) is 65.9 cm³/mol. The van der Waals surface area contributed by atoms with Gasteiger partial charge in [-0.15, -0.1) is 0 Å². The summed E-state index contributed by atoms with van der Waals surface area (Å²) in [5.41, 5.74) is 3.09. The van der Waals surface area contributed by atoms with Crippen LogP contribution in [0.5, 0.6) is 0 Å². The molecule has 0 aliphatic rings. The van der Waals surface area contributed by atoms with E-state index in [0.717, 1.165) is 16.8 Å². The van der Waals surface area contributed by atoms with Crippen LogP contribution in [0.4, 0.5) is 0 Å². The van der Waals surface area contributed by atoms with Gasteiger partial charge in [0.1, 0.15) is 0 Å². The molecule has 2 rings (SSSR count). The Hall–Kier alpha value is -1.39. The van der Waals surface area contributed by atoms with Crippen LogP contribution in [-0.4, -0.2) is 22.8 Å². The summed E-state index contributed by atoms with van der Waals surface area (Å²) >= 11 is 0. The van der Waals surface area contributed by atoms with Crippen molar-refractivity contribution in [2.45, 2.75) is 27.1 Å². The minimum Gasteiger partial charge on any atom is -0.349 e. The van der Waals surface area contributed by atoms with Crippen molar-refractivity contribution in [3.8, 4) is 0 Å². The maximum Gasteiger partial charge on any atom is 0.183 e. The number of fused-ring (bicyclic) bond motifs is 1. The Morgan fingerprint density at radius 3 is 2.59 bits per heavy atom. The number of hydrogen-bond donors (Lipinski definition) is 0. The smallest absolute Gasteiger partial charge is 0.183 e. The van der Waals surface area contributed by atoms with Crippen LogP contribution in [0.1, 0.15) is 31.4 Å². The molecule has 0 unspecified atom stereocenters. The van der Waals surface area contributed by atoms with Crippen LogP contribution in [-0.2, 0) is 9.47 Å². The highest BCUT2D eigenvalue weighted by Crippen LogP contribution is 2.20. The fourth-order valence-electron chi connectivity index (χ4n) is 1.83. The summed E-state index contributed by atoms with van der Waals surface area (Å²) in [5.74, 6) is 0. The third-order valence-corrected chi connectivity index (χ3v) is 2.52. The standard InChI is InChI=1S/C13H18N2O2/c1-4-16-13(17-5-2)11-6-7-15-12(9-11)8-10(3)14-15/h6-9,13H,4-5H2,1-3H3. The second-order valence-electron chi connectivity index (χ2n) is 3.86. The maximum atomic E-state index is 5.57. The topological polar surface area (TPSA) is 35.8 Å². The first-order valence-corrected chi connectivity index (χ1v) is 5.93. The summed E-state index contributed by atoms with van der Waals surface area (Å²) in [6, 6.07) is 6.07. The fourth-order valence-corrected chi connectivity index (χ4v) is 1.83. The zero-order chi connectivity index (χ0) is 12.3. The Bertz CT molecular complexity index is 487. The van der Waals surface area contributed by atoms with Gasteiger partial charge in [0.15, 0.2) is 6.29 Å². The van der Waals surface area contributed by atoms with Crippen LogP contribution in [0.15, 0.2) is 24.4 Å². The van der Waals surface area contributed by atoms with Crippen molar-refractivity contribution in [3.63, 3.8) is 0 Å². The van der Waals surface area contributed by atoms with Crippen LogP contribution in [0.3, 0.4) is 0 Å². The number of pyridine rings is 1. The quantitative estimate of drug-likeness (QED) is 0.746. The summed E-state index contributed by atoms with van der Waals surface area (Å²) in [7, 11) is 0. The van der Waals surface area contributed by atoms with Gasteiger partial charge >= 0.3 is 0 Å². The molecule has 17 heavy (non-hydrogen) atoms. The summed E-state index contributed by atoms with van der Waals surface area (Å²) in [5, 5.41) is 4.34. The minimum absolute atomic E-state index is 0.287. The monoisotopic (exact) mass is 234 g/mol. The zero-order valence-electron chi connectivity index (χ0n) is 10.5. The van der Waals surface area contributed by atoms with E-state index in [9.17, 15) is 0 Å². The molecular formula is C13H18N2O2. The van der Waals surface area contributed by atoms with E-state index in [0.29, 0.717) is 13.2 Å². The van der Waals surface area contributed by atoms with E-state index >= 15 is 0 Å². The lowest BCUT2D eigenvalue weighted by Gasteiger charge is -2.17. The average Bonchev–Trinajstić information content (AvgIpc) is 2.67. The van der Waals surface area contributed by atoms with Crippen LogP contribution in [0.25, 0.3) is 5.52 Å². The van der Waals surface area contributed by atoms with E-state index < -0.39 is 0 Å². The molecule has 92 valence electrons. The van der Waals surface area contributed by atoms with Gasteiger partial charge in [-0.2, -0.15) is 5.10 Å². The normalized spacial score (nSPS) is 11.5. The number of ether oxygens (including phenoxy) is 2. The number of rotatable bonds is 5. The molecule has 0 spiro atoms. The van der Waals surface area contributed by atoms with Crippen molar-refractivity contribution in [1.82, 2.24) is 9.61 Å². The molecule has 0 aromatic carbocycles. The minimum atomic E-state index is -0.287. The van der Waals surface area contributed by atoms with E-state index in [1.165, 1.54) is 0 Å². The molecule has 0 aliphatic heterocycles. The lowest BCUT2D eigenvalue weighted by molar-refractivity contribution is -0.140. The Morgan fingerprint density at radius 1 is 1.24 bits per heavy atom. The highest BCUT2D eigenvalue weighted by molar-refractivity contribution is 5.49. The Kier molecular flexibility index (Phi) is 3.76. The van der Waals surface area contributed by atoms with E-state index in [1.54, 1.807) is 0 Å². The second kappa shape index (κ2) is 5.29. The van der Waals surface area contributed by atoms with Crippen molar-refractivity contribution in [1.29, 1.82) is 0 Å². The number of hydrogen-bond acceptors (Lipinski definition) is 3. The van der Waals surface area contributed by atoms with Crippen molar-refractivity contribution < 1.29 is 9.47 Å². The predicted octanol–water partition coefficient (Wildman–Crippen LogP) is 2.71. The van der Waals surface area contributed by atoms with Crippen LogP contribution >= 0.6 is 0 Å². The van der Waals surface area contributed by atoms with Gasteiger partial charge < -0.3 is 9.47 Å². The summed E-state index contributed by atoms with van der Waals surface area (Å²) in [6.07, 6.45) is 1.65. The molecule has 0 radical (unpaired) electrons. The van der Waals surface area contributed by atoms with E-state index in [-0.39, 0.29) is 6.29 Å². The molecule has 2 heterocycles. The Labute approximate surface area is 101 Å². The molecule has 0 atom stereocenters. The fraction of sp³-hybridized carbons (Fsp3) is 0.462. The van der Waals surface area contributed by atoms with E-state index in [2.05, 4.69) is 11.2 Å². The molecule has 0 amide bonds. The Balaban J connectivity index is 2.32. The molecule has 2 aromatic rings. The molecule has 0 bridgehead atoms. The van der Waals surface area contributed by atoms with Gasteiger partial charge in [-0.25, -0.2) is 4.52 Å². The first-order valence-electron chi connectivity index (χ1n) is 5.93. The van der Waals surface area contributed by atoms with Crippen molar-refractivity contribution in [2.75, 3.05) is 13.2 Å². The molecule has 4 heteroatoms. The molecule has 0 aliphatic carbocycles. The Morgan fingerprint density at radius 2 is 1.94 bits per heavy atom. The average molecular weight is 234 g/mol. The van der Waals surface area contributed by atoms with Gasteiger partial charge in [0, 0.05) is 25.0 Å². The summed E-state index contributed by atoms with van der Waals surface area (Å²) in [6.45, 7) is 7.18. The van der Waals surface area contributed by atoms with Gasteiger partial charge in [-0.3, -0.25) is 0 Å². The molecule has 0 saturated carbocycles. The van der Waals surface area contributed by atoms with Crippen molar-refractivity contribution in [3.05, 3.63) is 35.7 Å². The van der Waals surface area contributed by atoms with Crippen LogP contribution in [0, 0.1) is 6.92 Å². The van der Waals surface area contributed by atoms with E-state index in [4.69, 9.17) is 9.47 Å². The van der Waals surface area contributed by atoms with Crippen LogP contribution in [0.2, 0.25) is 0 Å². The molecular weight excluding hydrogens is 216 g/mol. The molecule has 0 fully saturated rings. The van der Waals surface area contributed by atoms with Gasteiger partial charge in [0.2, 0.25) is 0 Å². The molecule has 0 N–H and O–H groups in total. The number of aromatic nitrogens is 2. The number of aryl methyl sites for hydroxylation is 1. The van der Waals surface area contributed by atoms with Gasteiger partial charge in [0.25, 0.3) is 0 Å². The van der Waals surface area contributed by atoms with E-state index in [1.807, 2.05) is 43.6 Å². The highest BCUT2D eigenvalue weighted by Gasteiger charge is 2.12. The number of nitrogens with zero attached hydrogens (tertiary/aromatic N) is 2.